The molecular weight excluding hydrogens is 496 g/mol. The van der Waals surface area contributed by atoms with Crippen molar-refractivity contribution in [1.82, 2.24) is 14.7 Å². The van der Waals surface area contributed by atoms with Crippen molar-refractivity contribution in [3.8, 4) is 11.5 Å². The quantitative estimate of drug-likeness (QED) is 0.170. The minimum atomic E-state index is -3.80. The fourth-order valence-corrected chi connectivity index (χ4v) is 4.88. The first-order chi connectivity index (χ1) is 16.5. The number of aromatic nitrogens is 2. The third-order valence-electron chi connectivity index (χ3n) is 4.62. The summed E-state index contributed by atoms with van der Waals surface area (Å²) < 4.78 is 57.7. The normalized spacial score (nSPS) is 11.7. The van der Waals surface area contributed by atoms with Crippen LogP contribution in [0.15, 0.2) is 69.6 Å². The summed E-state index contributed by atoms with van der Waals surface area (Å²) in [5.41, 5.74) is 10.3. The number of aromatic amines is 1. The zero-order valence-corrected chi connectivity index (χ0v) is 20.3. The van der Waals surface area contributed by atoms with E-state index in [0.717, 1.165) is 18.1 Å². The van der Waals surface area contributed by atoms with Crippen molar-refractivity contribution in [2.24, 2.45) is 16.5 Å². The van der Waals surface area contributed by atoms with Crippen molar-refractivity contribution in [2.75, 3.05) is 12.8 Å². The van der Waals surface area contributed by atoms with Crippen molar-refractivity contribution in [3.63, 3.8) is 0 Å². The highest BCUT2D eigenvalue weighted by Crippen LogP contribution is 2.30. The van der Waals surface area contributed by atoms with Crippen LogP contribution in [0.25, 0.3) is 0 Å². The van der Waals surface area contributed by atoms with Crippen LogP contribution >= 0.6 is 0 Å². The molecule has 0 saturated carbocycles. The number of imidazole rings is 1. The van der Waals surface area contributed by atoms with E-state index < -0.39 is 31.7 Å². The van der Waals surface area contributed by atoms with Gasteiger partial charge in [-0.25, -0.2) is 26.5 Å². The van der Waals surface area contributed by atoms with Gasteiger partial charge in [-0.3, -0.25) is 4.79 Å². The lowest BCUT2D eigenvalue weighted by Crippen LogP contribution is -2.25. The van der Waals surface area contributed by atoms with Crippen molar-refractivity contribution in [1.29, 1.82) is 0 Å². The number of nitrogens with one attached hydrogen (secondary N) is 2. The molecule has 0 fully saturated rings. The number of sulfonamides is 1. The van der Waals surface area contributed by atoms with Crippen molar-refractivity contribution >= 4 is 31.7 Å². The molecular formula is C21H24N6O6S2. The Balaban J connectivity index is 1.72. The Bertz CT molecular complexity index is 1430. The van der Waals surface area contributed by atoms with E-state index in [2.05, 4.69) is 19.7 Å². The van der Waals surface area contributed by atoms with E-state index in [1.165, 1.54) is 36.4 Å². The standard InChI is InChI=1S/C21H24N6O6S2/c1-34(29,30)18-13-14(20(28)27-21(22)23)4-9-17(18)33-15-5-7-16(8-6-15)35(31,32)26-10-2-3-19-24-11-12-25-19/h4-9,11-13,26H,2-3,10H2,1H3,(H,24,25)(H4,22,23,27,28). The van der Waals surface area contributed by atoms with Crippen LogP contribution in [-0.2, 0) is 26.3 Å². The Hall–Kier alpha value is -3.75. The van der Waals surface area contributed by atoms with Crippen LogP contribution in [0.5, 0.6) is 11.5 Å². The largest absolute Gasteiger partial charge is 0.456 e. The summed E-state index contributed by atoms with van der Waals surface area (Å²) in [6.45, 7) is 0.226. The predicted molar refractivity (Wildman–Crippen MR) is 128 cm³/mol. The number of hydrogen-bond acceptors (Lipinski definition) is 7. The lowest BCUT2D eigenvalue weighted by molar-refractivity contribution is 0.100. The van der Waals surface area contributed by atoms with Gasteiger partial charge in [-0.1, -0.05) is 0 Å². The van der Waals surface area contributed by atoms with Crippen LogP contribution in [0.1, 0.15) is 22.6 Å². The first kappa shape index (κ1) is 25.9. The molecule has 0 aliphatic carbocycles. The molecule has 0 saturated heterocycles. The second kappa shape index (κ2) is 10.7. The molecule has 1 amide bonds. The summed E-state index contributed by atoms with van der Waals surface area (Å²) in [6, 6.07) is 9.15. The fraction of sp³-hybridized carbons (Fsp3) is 0.190. The number of nitrogens with zero attached hydrogens (tertiary/aromatic N) is 2. The number of rotatable bonds is 10. The van der Waals surface area contributed by atoms with Gasteiger partial charge in [0.2, 0.25) is 10.0 Å². The average Bonchev–Trinajstić information content (AvgIpc) is 3.30. The zero-order chi connectivity index (χ0) is 25.6. The number of nitrogens with two attached hydrogens (primary N) is 2. The molecule has 35 heavy (non-hydrogen) atoms. The molecule has 0 radical (unpaired) electrons. The summed E-state index contributed by atoms with van der Waals surface area (Å²) in [7, 11) is -7.55. The molecule has 186 valence electrons. The van der Waals surface area contributed by atoms with E-state index in [1.807, 2.05) is 0 Å². The molecule has 1 heterocycles. The van der Waals surface area contributed by atoms with Crippen molar-refractivity contribution < 1.29 is 26.4 Å². The Morgan fingerprint density at radius 2 is 1.83 bits per heavy atom. The topological polar surface area (TPSA) is 200 Å². The number of benzene rings is 2. The van der Waals surface area contributed by atoms with Gasteiger partial charge in [-0.05, 0) is 48.9 Å². The SMILES string of the molecule is CS(=O)(=O)c1cc(C(=O)N=C(N)N)ccc1Oc1ccc(S(=O)(=O)NCCCc2ncc[nH]2)cc1. The maximum atomic E-state index is 12.5. The minimum Gasteiger partial charge on any atom is -0.456 e. The van der Waals surface area contributed by atoms with E-state index >= 15 is 0 Å². The maximum Gasteiger partial charge on any atom is 0.280 e. The number of hydrogen-bond donors (Lipinski definition) is 4. The van der Waals surface area contributed by atoms with Gasteiger partial charge in [0.25, 0.3) is 5.91 Å². The number of carbonyl (C=O) groups is 1. The van der Waals surface area contributed by atoms with Crippen LogP contribution in [0, 0.1) is 0 Å². The zero-order valence-electron chi connectivity index (χ0n) is 18.6. The summed E-state index contributed by atoms with van der Waals surface area (Å²) in [6.07, 6.45) is 5.44. The highest BCUT2D eigenvalue weighted by molar-refractivity contribution is 7.90. The van der Waals surface area contributed by atoms with Crippen LogP contribution in [0.3, 0.4) is 0 Å². The number of ether oxygens (including phenoxy) is 1. The molecule has 1 aromatic heterocycles. The molecule has 0 aliphatic rings. The van der Waals surface area contributed by atoms with E-state index in [9.17, 15) is 21.6 Å². The first-order valence-corrected chi connectivity index (χ1v) is 13.6. The number of aliphatic imine (C=N–C) groups is 1. The number of carbonyl (C=O) groups excluding carboxylic acids is 1. The number of sulfone groups is 1. The van der Waals surface area contributed by atoms with Crippen LogP contribution in [0.4, 0.5) is 0 Å². The first-order valence-electron chi connectivity index (χ1n) is 10.2. The maximum absolute atomic E-state index is 12.5. The van der Waals surface area contributed by atoms with Crippen LogP contribution < -0.4 is 20.9 Å². The Labute approximate surface area is 202 Å². The molecule has 14 heteroatoms. The molecule has 12 nitrogen and oxygen atoms in total. The molecule has 3 aromatic rings. The lowest BCUT2D eigenvalue weighted by Gasteiger charge is -2.12. The van der Waals surface area contributed by atoms with Gasteiger partial charge in [-0.2, -0.15) is 4.99 Å². The summed E-state index contributed by atoms with van der Waals surface area (Å²) >= 11 is 0. The van der Waals surface area contributed by atoms with Gasteiger partial charge >= 0.3 is 0 Å². The average molecular weight is 521 g/mol. The van der Waals surface area contributed by atoms with Gasteiger partial charge in [0.1, 0.15) is 22.2 Å². The van der Waals surface area contributed by atoms with Gasteiger partial charge in [0.05, 0.1) is 4.90 Å². The van der Waals surface area contributed by atoms with E-state index in [4.69, 9.17) is 16.2 Å². The van der Waals surface area contributed by atoms with Crippen LogP contribution in [0.2, 0.25) is 0 Å². The monoisotopic (exact) mass is 520 g/mol. The molecule has 0 atom stereocenters. The molecule has 6 N–H and O–H groups in total. The predicted octanol–water partition coefficient (Wildman–Crippen LogP) is 0.930. The van der Waals surface area contributed by atoms with Gasteiger partial charge in [-0.15, -0.1) is 0 Å². The van der Waals surface area contributed by atoms with E-state index in [0.29, 0.717) is 12.8 Å². The van der Waals surface area contributed by atoms with Gasteiger partial charge in [0.15, 0.2) is 15.8 Å². The molecule has 3 rings (SSSR count). The Kier molecular flexibility index (Phi) is 7.89. The molecule has 0 spiro atoms. The van der Waals surface area contributed by atoms with E-state index in [1.54, 1.807) is 12.4 Å². The number of H-pyrrole nitrogens is 1. The lowest BCUT2D eigenvalue weighted by atomic mass is 10.2. The third-order valence-corrected chi connectivity index (χ3v) is 7.21. The molecule has 2 aromatic carbocycles. The van der Waals surface area contributed by atoms with Gasteiger partial charge < -0.3 is 21.2 Å². The summed E-state index contributed by atoms with van der Waals surface area (Å²) in [4.78, 5) is 22.2. The number of aryl methyl sites for hydroxylation is 1. The molecule has 0 bridgehead atoms. The number of guanidine groups is 1. The molecule has 0 unspecified atom stereocenters. The van der Waals surface area contributed by atoms with Gasteiger partial charge in [0, 0.05) is 37.2 Å². The van der Waals surface area contributed by atoms with Crippen molar-refractivity contribution in [2.45, 2.75) is 22.6 Å². The third kappa shape index (κ3) is 7.11. The summed E-state index contributed by atoms with van der Waals surface area (Å²) in [5, 5.41) is 0. The Morgan fingerprint density at radius 1 is 1.11 bits per heavy atom. The highest BCUT2D eigenvalue weighted by atomic mass is 32.2. The van der Waals surface area contributed by atoms with E-state index in [-0.39, 0.29) is 33.4 Å². The minimum absolute atomic E-state index is 0.0179. The Morgan fingerprint density at radius 3 is 2.43 bits per heavy atom. The second-order valence-corrected chi connectivity index (χ2v) is 11.1. The number of amides is 1. The highest BCUT2D eigenvalue weighted by Gasteiger charge is 2.19. The summed E-state index contributed by atoms with van der Waals surface area (Å²) in [5.74, 6) is -0.367. The smallest absolute Gasteiger partial charge is 0.280 e. The van der Waals surface area contributed by atoms with Crippen molar-refractivity contribution in [3.05, 3.63) is 66.2 Å². The van der Waals surface area contributed by atoms with Crippen LogP contribution in [-0.4, -0.2) is 51.5 Å². The fourth-order valence-electron chi connectivity index (χ4n) is 2.99. The molecule has 0 aliphatic heterocycles. The second-order valence-electron chi connectivity index (χ2n) is 7.39.